The summed E-state index contributed by atoms with van der Waals surface area (Å²) in [5.41, 5.74) is 0.375. The van der Waals surface area contributed by atoms with E-state index in [4.69, 9.17) is 4.74 Å². The van der Waals surface area contributed by atoms with Gasteiger partial charge in [0.25, 0.3) is 11.7 Å². The van der Waals surface area contributed by atoms with Crippen molar-refractivity contribution < 1.29 is 14.3 Å². The van der Waals surface area contributed by atoms with E-state index in [9.17, 15) is 9.59 Å². The van der Waals surface area contributed by atoms with Gasteiger partial charge in [-0.05, 0) is 37.8 Å². The molecule has 1 aromatic heterocycles. The Balaban J connectivity index is 1.60. The zero-order valence-corrected chi connectivity index (χ0v) is 14.0. The molecule has 0 spiro atoms. The Morgan fingerprint density at radius 2 is 2.04 bits per heavy atom. The van der Waals surface area contributed by atoms with Crippen LogP contribution in [0.15, 0.2) is 24.5 Å². The van der Waals surface area contributed by atoms with Crippen molar-refractivity contribution in [1.29, 1.82) is 0 Å². The Labute approximate surface area is 142 Å². The highest BCUT2D eigenvalue weighted by Crippen LogP contribution is 2.21. The molecule has 6 nitrogen and oxygen atoms in total. The van der Waals surface area contributed by atoms with Crippen LogP contribution in [0, 0.1) is 0 Å². The average molecular weight is 331 g/mol. The van der Waals surface area contributed by atoms with E-state index in [1.165, 1.54) is 6.20 Å². The minimum atomic E-state index is -0.443. The van der Waals surface area contributed by atoms with Gasteiger partial charge in [-0.3, -0.25) is 19.5 Å². The van der Waals surface area contributed by atoms with E-state index >= 15 is 0 Å². The highest BCUT2D eigenvalue weighted by molar-refractivity contribution is 6.42. The van der Waals surface area contributed by atoms with Crippen LogP contribution < -0.4 is 0 Å². The summed E-state index contributed by atoms with van der Waals surface area (Å²) < 4.78 is 5.37. The summed E-state index contributed by atoms with van der Waals surface area (Å²) >= 11 is 0. The summed E-state index contributed by atoms with van der Waals surface area (Å²) in [5.74, 6) is -0.823. The fourth-order valence-corrected chi connectivity index (χ4v) is 3.48. The van der Waals surface area contributed by atoms with Gasteiger partial charge in [0.15, 0.2) is 0 Å². The van der Waals surface area contributed by atoms with Gasteiger partial charge in [-0.25, -0.2) is 0 Å². The van der Waals surface area contributed by atoms with Crippen molar-refractivity contribution in [2.75, 3.05) is 39.4 Å². The number of morpholine rings is 1. The summed E-state index contributed by atoms with van der Waals surface area (Å²) in [6.07, 6.45) is 7.07. The van der Waals surface area contributed by atoms with Crippen molar-refractivity contribution >= 4 is 11.7 Å². The number of nitrogens with zero attached hydrogens (tertiary/aromatic N) is 3. The second-order valence-corrected chi connectivity index (χ2v) is 6.46. The summed E-state index contributed by atoms with van der Waals surface area (Å²) in [6.45, 7) is 5.11. The number of hydrogen-bond donors (Lipinski definition) is 0. The molecule has 3 rings (SSSR count). The lowest BCUT2D eigenvalue weighted by Gasteiger charge is -2.37. The van der Waals surface area contributed by atoms with Gasteiger partial charge in [0.1, 0.15) is 0 Å². The van der Waals surface area contributed by atoms with E-state index in [0.717, 1.165) is 58.5 Å². The maximum atomic E-state index is 12.7. The molecular weight excluding hydrogens is 306 g/mol. The van der Waals surface area contributed by atoms with Crippen LogP contribution in [-0.2, 0) is 9.53 Å². The van der Waals surface area contributed by atoms with Crippen LogP contribution in [0.3, 0.4) is 0 Å². The molecule has 0 unspecified atom stereocenters. The number of hydrogen-bond acceptors (Lipinski definition) is 5. The largest absolute Gasteiger partial charge is 0.379 e. The monoisotopic (exact) mass is 331 g/mol. The second kappa shape index (κ2) is 8.35. The molecule has 130 valence electrons. The molecule has 0 radical (unpaired) electrons. The molecule has 3 heterocycles. The first-order valence-corrected chi connectivity index (χ1v) is 8.81. The van der Waals surface area contributed by atoms with E-state index in [2.05, 4.69) is 9.88 Å². The minimum absolute atomic E-state index is 0.162. The SMILES string of the molecule is O=C(C(=O)N1CCCC[C@@H]1CCN1CCOCC1)c1cccnc1. The average Bonchev–Trinajstić information content (AvgIpc) is 2.67. The maximum absolute atomic E-state index is 12.7. The topological polar surface area (TPSA) is 62.7 Å². The molecule has 2 aliphatic heterocycles. The number of pyridine rings is 1. The van der Waals surface area contributed by atoms with Crippen LogP contribution in [0.1, 0.15) is 36.0 Å². The predicted octanol–water partition coefficient (Wildman–Crippen LogP) is 1.37. The van der Waals surface area contributed by atoms with Gasteiger partial charge < -0.3 is 9.64 Å². The fourth-order valence-electron chi connectivity index (χ4n) is 3.48. The van der Waals surface area contributed by atoms with E-state index in [1.807, 2.05) is 0 Å². The number of amides is 1. The van der Waals surface area contributed by atoms with E-state index in [-0.39, 0.29) is 11.9 Å². The smallest absolute Gasteiger partial charge is 0.295 e. The molecule has 24 heavy (non-hydrogen) atoms. The number of carbonyl (C=O) groups excluding carboxylic acids is 2. The molecule has 0 aromatic carbocycles. The number of rotatable bonds is 5. The number of ether oxygens (including phenoxy) is 1. The molecule has 1 aromatic rings. The summed E-state index contributed by atoms with van der Waals surface area (Å²) in [6, 6.07) is 3.50. The molecule has 6 heteroatoms. The predicted molar refractivity (Wildman–Crippen MR) is 89.8 cm³/mol. The van der Waals surface area contributed by atoms with Gasteiger partial charge in [-0.15, -0.1) is 0 Å². The van der Waals surface area contributed by atoms with Crippen LogP contribution >= 0.6 is 0 Å². The van der Waals surface area contributed by atoms with Crippen molar-refractivity contribution in [3.05, 3.63) is 30.1 Å². The number of likely N-dealkylation sites (tertiary alicyclic amines) is 1. The van der Waals surface area contributed by atoms with Crippen molar-refractivity contribution in [2.45, 2.75) is 31.7 Å². The summed E-state index contributed by atoms with van der Waals surface area (Å²) in [5, 5.41) is 0. The maximum Gasteiger partial charge on any atom is 0.295 e. The van der Waals surface area contributed by atoms with Crippen molar-refractivity contribution in [2.24, 2.45) is 0 Å². The summed E-state index contributed by atoms with van der Waals surface area (Å²) in [7, 11) is 0. The van der Waals surface area contributed by atoms with Gasteiger partial charge in [0.2, 0.25) is 0 Å². The Morgan fingerprint density at radius 1 is 1.21 bits per heavy atom. The zero-order valence-electron chi connectivity index (χ0n) is 14.0. The van der Waals surface area contributed by atoms with Gasteiger partial charge in [0.05, 0.1) is 13.2 Å². The number of piperidine rings is 1. The van der Waals surface area contributed by atoms with Crippen LogP contribution in [0.5, 0.6) is 0 Å². The number of Topliss-reactive ketones (excluding diaryl/α,β-unsaturated/α-hetero) is 1. The van der Waals surface area contributed by atoms with Gasteiger partial charge in [-0.2, -0.15) is 0 Å². The Hall–Kier alpha value is -1.79. The molecule has 1 atom stereocenters. The molecule has 0 aliphatic carbocycles. The highest BCUT2D eigenvalue weighted by Gasteiger charge is 2.31. The van der Waals surface area contributed by atoms with Crippen molar-refractivity contribution in [1.82, 2.24) is 14.8 Å². The van der Waals surface area contributed by atoms with E-state index in [0.29, 0.717) is 12.1 Å². The van der Waals surface area contributed by atoms with Crippen LogP contribution in [0.2, 0.25) is 0 Å². The quantitative estimate of drug-likeness (QED) is 0.602. The molecule has 0 bridgehead atoms. The number of ketones is 1. The van der Waals surface area contributed by atoms with E-state index < -0.39 is 5.78 Å². The Bertz CT molecular complexity index is 558. The first kappa shape index (κ1) is 17.0. The fraction of sp³-hybridized carbons (Fsp3) is 0.611. The third kappa shape index (κ3) is 4.19. The molecule has 2 fully saturated rings. The normalized spacial score (nSPS) is 22.3. The van der Waals surface area contributed by atoms with Gasteiger partial charge in [-0.1, -0.05) is 0 Å². The van der Waals surface area contributed by atoms with Gasteiger partial charge >= 0.3 is 0 Å². The highest BCUT2D eigenvalue weighted by atomic mass is 16.5. The first-order valence-electron chi connectivity index (χ1n) is 8.81. The van der Waals surface area contributed by atoms with Crippen molar-refractivity contribution in [3.63, 3.8) is 0 Å². The van der Waals surface area contributed by atoms with Crippen molar-refractivity contribution in [3.8, 4) is 0 Å². The Kier molecular flexibility index (Phi) is 5.93. The standard InChI is InChI=1S/C18H25N3O3/c22-17(15-4-3-7-19-14-15)18(23)21-8-2-1-5-16(21)6-9-20-10-12-24-13-11-20/h3-4,7,14,16H,1-2,5-6,8-13H2/t16-/m1/s1. The molecule has 2 aliphatic rings. The summed E-state index contributed by atoms with van der Waals surface area (Å²) in [4.78, 5) is 33.2. The van der Waals surface area contributed by atoms with E-state index in [1.54, 1.807) is 23.2 Å². The molecule has 0 saturated carbocycles. The minimum Gasteiger partial charge on any atom is -0.379 e. The van der Waals surface area contributed by atoms with Gasteiger partial charge in [0, 0.05) is 50.2 Å². The lowest BCUT2D eigenvalue weighted by atomic mass is 9.97. The number of aromatic nitrogens is 1. The molecule has 1 amide bonds. The molecule has 0 N–H and O–H groups in total. The zero-order chi connectivity index (χ0) is 16.8. The third-order valence-corrected chi connectivity index (χ3v) is 4.89. The van der Waals surface area contributed by atoms with Crippen LogP contribution in [0.25, 0.3) is 0 Å². The Morgan fingerprint density at radius 3 is 2.79 bits per heavy atom. The third-order valence-electron chi connectivity index (χ3n) is 4.89. The molecular formula is C18H25N3O3. The molecule has 2 saturated heterocycles. The van der Waals surface area contributed by atoms with Crippen LogP contribution in [0.4, 0.5) is 0 Å². The lowest BCUT2D eigenvalue weighted by molar-refractivity contribution is -0.130. The van der Waals surface area contributed by atoms with Crippen LogP contribution in [-0.4, -0.2) is 71.9 Å². The number of carbonyl (C=O) groups is 2. The lowest BCUT2D eigenvalue weighted by Crippen LogP contribution is -2.48. The second-order valence-electron chi connectivity index (χ2n) is 6.46. The first-order chi connectivity index (χ1) is 11.8.